The molecule has 9 nitrogen and oxygen atoms in total. The van der Waals surface area contributed by atoms with Crippen LogP contribution in [0.1, 0.15) is 25.5 Å². The fourth-order valence-electron chi connectivity index (χ4n) is 3.48. The van der Waals surface area contributed by atoms with Gasteiger partial charge in [0.05, 0.1) is 23.4 Å². The van der Waals surface area contributed by atoms with Crippen molar-refractivity contribution >= 4 is 32.2 Å². The topological polar surface area (TPSA) is 127 Å². The molecule has 0 radical (unpaired) electrons. The summed E-state index contributed by atoms with van der Waals surface area (Å²) in [7, 11) is -1.50. The molecular formula is C18H22ClN5O4S. The van der Waals surface area contributed by atoms with Crippen molar-refractivity contribution in [1.82, 2.24) is 9.97 Å². The quantitative estimate of drug-likeness (QED) is 0.267. The summed E-state index contributed by atoms with van der Waals surface area (Å²) in [6.45, 7) is 1.86. The first-order valence-electron chi connectivity index (χ1n) is 9.00. The summed E-state index contributed by atoms with van der Waals surface area (Å²) < 4.78 is 34.2. The van der Waals surface area contributed by atoms with Crippen LogP contribution >= 0.6 is 11.6 Å². The maximum absolute atomic E-state index is 11.5. The predicted octanol–water partition coefficient (Wildman–Crippen LogP) is 3.66. The van der Waals surface area contributed by atoms with Crippen LogP contribution in [0.2, 0.25) is 5.15 Å². The second-order valence-corrected chi connectivity index (χ2v) is 10.2. The summed E-state index contributed by atoms with van der Waals surface area (Å²) in [5.74, 6) is 0.583. The normalized spacial score (nSPS) is 21.1. The van der Waals surface area contributed by atoms with Gasteiger partial charge in [0.25, 0.3) is 0 Å². The number of hydrogen-bond acceptors (Lipinski definition) is 7. The zero-order chi connectivity index (χ0) is 21.2. The summed E-state index contributed by atoms with van der Waals surface area (Å²) in [5.41, 5.74) is 8.44. The van der Waals surface area contributed by atoms with E-state index in [0.29, 0.717) is 35.0 Å². The molecular weight excluding hydrogens is 418 g/mol. The standard InChI is InChI=1S/C18H22ClN5O4S/c1-18(10-27-2,23-24-20)15-6-12-7-16(19)21-8-14(12)17(22-15)28-13-4-11(5-13)9-29(3,25)26/h6-8,11,13H,4-5,9-10H2,1-3H3/t11?,13?,18-/m1/s1. The van der Waals surface area contributed by atoms with Crippen LogP contribution in [0, 0.1) is 5.92 Å². The van der Waals surface area contributed by atoms with Gasteiger partial charge in [0.1, 0.15) is 26.6 Å². The third-order valence-corrected chi connectivity index (χ3v) is 6.18. The highest BCUT2D eigenvalue weighted by Gasteiger charge is 2.35. The third-order valence-electron chi connectivity index (χ3n) is 4.90. The molecule has 29 heavy (non-hydrogen) atoms. The average Bonchev–Trinajstić information content (AvgIpc) is 2.58. The van der Waals surface area contributed by atoms with E-state index in [0.717, 1.165) is 5.39 Å². The SMILES string of the molecule is COC[C@@](C)(N=[N+]=[N-])c1cc2cc(Cl)ncc2c(OC2CC(CS(C)(=O)=O)C2)n1. The molecule has 0 bridgehead atoms. The minimum Gasteiger partial charge on any atom is -0.474 e. The number of fused-ring (bicyclic) bond motifs is 1. The highest BCUT2D eigenvalue weighted by Crippen LogP contribution is 2.37. The van der Waals surface area contributed by atoms with E-state index in [4.69, 9.17) is 26.6 Å². The van der Waals surface area contributed by atoms with Gasteiger partial charge < -0.3 is 9.47 Å². The molecule has 0 N–H and O–H groups in total. The zero-order valence-corrected chi connectivity index (χ0v) is 17.9. The van der Waals surface area contributed by atoms with Crippen molar-refractivity contribution in [2.45, 2.75) is 31.4 Å². The van der Waals surface area contributed by atoms with E-state index in [9.17, 15) is 8.42 Å². The molecule has 1 aliphatic rings. The van der Waals surface area contributed by atoms with Gasteiger partial charge in [-0.1, -0.05) is 16.7 Å². The lowest BCUT2D eigenvalue weighted by atomic mass is 9.84. The number of pyridine rings is 2. The Morgan fingerprint density at radius 1 is 1.41 bits per heavy atom. The molecule has 2 heterocycles. The summed E-state index contributed by atoms with van der Waals surface area (Å²) in [5, 5.41) is 5.60. The number of nitrogens with zero attached hydrogens (tertiary/aromatic N) is 5. The molecule has 1 aliphatic carbocycles. The number of aromatic nitrogens is 2. The van der Waals surface area contributed by atoms with Crippen LogP contribution in [0.25, 0.3) is 21.2 Å². The molecule has 2 aromatic rings. The number of sulfone groups is 1. The average molecular weight is 440 g/mol. The monoisotopic (exact) mass is 439 g/mol. The van der Waals surface area contributed by atoms with Gasteiger partial charge in [-0.3, -0.25) is 0 Å². The Kier molecular flexibility index (Phi) is 6.19. The van der Waals surface area contributed by atoms with Gasteiger partial charge in [-0.25, -0.2) is 18.4 Å². The second kappa shape index (κ2) is 8.31. The number of hydrogen-bond donors (Lipinski definition) is 0. The highest BCUT2D eigenvalue weighted by atomic mass is 35.5. The first kappa shape index (κ1) is 21.6. The van der Waals surface area contributed by atoms with Gasteiger partial charge in [0.2, 0.25) is 5.88 Å². The van der Waals surface area contributed by atoms with Crippen LogP contribution in [0.3, 0.4) is 0 Å². The first-order valence-corrected chi connectivity index (χ1v) is 11.4. The van der Waals surface area contributed by atoms with Crippen molar-refractivity contribution in [2.75, 3.05) is 25.7 Å². The van der Waals surface area contributed by atoms with Gasteiger partial charge >= 0.3 is 0 Å². The third kappa shape index (κ3) is 5.08. The molecule has 0 amide bonds. The molecule has 1 fully saturated rings. The molecule has 0 aliphatic heterocycles. The number of ether oxygens (including phenoxy) is 2. The highest BCUT2D eigenvalue weighted by molar-refractivity contribution is 7.90. The van der Waals surface area contributed by atoms with Gasteiger partial charge in [-0.2, -0.15) is 0 Å². The van der Waals surface area contributed by atoms with Gasteiger partial charge in [0.15, 0.2) is 0 Å². The van der Waals surface area contributed by atoms with Crippen molar-refractivity contribution in [1.29, 1.82) is 0 Å². The first-order chi connectivity index (χ1) is 13.6. The van der Waals surface area contributed by atoms with Gasteiger partial charge in [0, 0.05) is 24.5 Å². The number of rotatable bonds is 8. The van der Waals surface area contributed by atoms with E-state index in [2.05, 4.69) is 20.0 Å². The lowest BCUT2D eigenvalue weighted by Gasteiger charge is -2.35. The molecule has 11 heteroatoms. The van der Waals surface area contributed by atoms with Crippen LogP contribution in [0.5, 0.6) is 5.88 Å². The Hall–Kier alpha value is -2.13. The van der Waals surface area contributed by atoms with Crippen LogP contribution in [-0.2, 0) is 20.1 Å². The minimum absolute atomic E-state index is 0.0824. The van der Waals surface area contributed by atoms with Crippen molar-refractivity contribution in [3.63, 3.8) is 0 Å². The Morgan fingerprint density at radius 3 is 2.76 bits per heavy atom. The number of methoxy groups -OCH3 is 1. The molecule has 0 saturated heterocycles. The second-order valence-electron chi connectivity index (χ2n) is 7.61. The van der Waals surface area contributed by atoms with Gasteiger partial charge in [-0.15, -0.1) is 0 Å². The van der Waals surface area contributed by atoms with E-state index in [1.165, 1.54) is 13.4 Å². The number of halogens is 1. The predicted molar refractivity (Wildman–Crippen MR) is 110 cm³/mol. The fraction of sp³-hybridized carbons (Fsp3) is 0.556. The Morgan fingerprint density at radius 2 is 2.14 bits per heavy atom. The molecule has 2 aromatic heterocycles. The smallest absolute Gasteiger partial charge is 0.223 e. The van der Waals surface area contributed by atoms with Crippen molar-refractivity contribution in [3.8, 4) is 5.88 Å². The molecule has 156 valence electrons. The largest absolute Gasteiger partial charge is 0.474 e. The summed E-state index contributed by atoms with van der Waals surface area (Å²) in [6, 6.07) is 3.46. The van der Waals surface area contributed by atoms with E-state index < -0.39 is 15.4 Å². The van der Waals surface area contributed by atoms with Crippen LogP contribution in [0.4, 0.5) is 0 Å². The van der Waals surface area contributed by atoms with E-state index in [1.54, 1.807) is 25.3 Å². The Labute approximate surface area is 173 Å². The van der Waals surface area contributed by atoms with Crippen molar-refractivity contribution in [2.24, 2.45) is 11.0 Å². The summed E-state index contributed by atoms with van der Waals surface area (Å²) in [4.78, 5) is 11.6. The van der Waals surface area contributed by atoms with E-state index in [1.807, 2.05) is 0 Å². The maximum Gasteiger partial charge on any atom is 0.223 e. The van der Waals surface area contributed by atoms with Crippen molar-refractivity contribution < 1.29 is 17.9 Å². The molecule has 0 spiro atoms. The van der Waals surface area contributed by atoms with Crippen molar-refractivity contribution in [3.05, 3.63) is 39.6 Å². The van der Waals surface area contributed by atoms with E-state index >= 15 is 0 Å². The molecule has 0 unspecified atom stereocenters. The lowest BCUT2D eigenvalue weighted by Crippen LogP contribution is -2.37. The zero-order valence-electron chi connectivity index (χ0n) is 16.4. The van der Waals surface area contributed by atoms with E-state index in [-0.39, 0.29) is 24.4 Å². The summed E-state index contributed by atoms with van der Waals surface area (Å²) in [6.07, 6.45) is 3.94. The molecule has 1 atom stereocenters. The molecule has 0 aromatic carbocycles. The Balaban J connectivity index is 1.95. The molecule has 1 saturated carbocycles. The maximum atomic E-state index is 11.5. The number of azide groups is 1. The minimum atomic E-state index is -3.01. The lowest BCUT2D eigenvalue weighted by molar-refractivity contribution is 0.0716. The van der Waals surface area contributed by atoms with Gasteiger partial charge in [-0.05, 0) is 48.7 Å². The van der Waals surface area contributed by atoms with Crippen LogP contribution in [0.15, 0.2) is 23.4 Å². The van der Waals surface area contributed by atoms with Crippen LogP contribution in [-0.4, -0.2) is 50.2 Å². The summed E-state index contributed by atoms with van der Waals surface area (Å²) >= 11 is 6.05. The van der Waals surface area contributed by atoms with Crippen LogP contribution < -0.4 is 4.74 Å². The molecule has 3 rings (SSSR count). The fourth-order valence-corrected chi connectivity index (χ4v) is 4.78. The Bertz CT molecular complexity index is 1070.